The highest BCUT2D eigenvalue weighted by Gasteiger charge is 2.20. The highest BCUT2D eigenvalue weighted by molar-refractivity contribution is 9.09. The summed E-state index contributed by atoms with van der Waals surface area (Å²) >= 11 is 12.1. The molecule has 106 valence electrons. The third-order valence-corrected chi connectivity index (χ3v) is 7.08. The third kappa shape index (κ3) is 2.70. The van der Waals surface area contributed by atoms with Crippen LogP contribution in [0.2, 0.25) is 5.02 Å². The van der Waals surface area contributed by atoms with E-state index in [9.17, 15) is 0 Å². The fourth-order valence-corrected chi connectivity index (χ4v) is 5.25. The lowest BCUT2D eigenvalue weighted by atomic mass is 9.98. The summed E-state index contributed by atoms with van der Waals surface area (Å²) < 4.78 is 0. The van der Waals surface area contributed by atoms with E-state index in [4.69, 9.17) is 11.6 Å². The fraction of sp³-hybridized carbons (Fsp3) is 0.412. The SMILES string of the molecule is Cc1cc(C(Br)c2cc3c(s2)CCCC3)c(C)cc1Cl. The van der Waals surface area contributed by atoms with E-state index in [1.807, 2.05) is 11.3 Å². The minimum atomic E-state index is 0.286. The number of aryl methyl sites for hydroxylation is 4. The van der Waals surface area contributed by atoms with Gasteiger partial charge in [0.15, 0.2) is 0 Å². The molecule has 3 rings (SSSR count). The number of fused-ring (bicyclic) bond motifs is 1. The molecule has 0 aliphatic heterocycles. The van der Waals surface area contributed by atoms with Gasteiger partial charge in [-0.25, -0.2) is 0 Å². The molecule has 0 N–H and O–H groups in total. The minimum Gasteiger partial charge on any atom is -0.144 e. The second kappa shape index (κ2) is 5.82. The molecule has 0 fully saturated rings. The summed E-state index contributed by atoms with van der Waals surface area (Å²) in [7, 11) is 0. The molecule has 0 saturated heterocycles. The van der Waals surface area contributed by atoms with Crippen LogP contribution in [0.3, 0.4) is 0 Å². The smallest absolute Gasteiger partial charge is 0.0740 e. The second-order valence-electron chi connectivity index (χ2n) is 5.62. The fourth-order valence-electron chi connectivity index (χ4n) is 2.87. The Hall–Kier alpha value is -0.310. The van der Waals surface area contributed by atoms with Crippen molar-refractivity contribution in [3.63, 3.8) is 0 Å². The predicted molar refractivity (Wildman–Crippen MR) is 92.7 cm³/mol. The van der Waals surface area contributed by atoms with Gasteiger partial charge in [0.2, 0.25) is 0 Å². The average molecular weight is 370 g/mol. The van der Waals surface area contributed by atoms with Crippen LogP contribution in [-0.2, 0) is 12.8 Å². The van der Waals surface area contributed by atoms with Gasteiger partial charge < -0.3 is 0 Å². The van der Waals surface area contributed by atoms with Gasteiger partial charge in [-0.3, -0.25) is 0 Å². The summed E-state index contributed by atoms with van der Waals surface area (Å²) in [6.45, 7) is 4.22. The minimum absolute atomic E-state index is 0.286. The first-order valence-corrected chi connectivity index (χ1v) is 9.19. The molecule has 1 aromatic carbocycles. The summed E-state index contributed by atoms with van der Waals surface area (Å²) in [5, 5.41) is 0.858. The lowest BCUT2D eigenvalue weighted by Gasteiger charge is -2.13. The van der Waals surface area contributed by atoms with Gasteiger partial charge in [0.1, 0.15) is 0 Å². The molecular formula is C17H18BrClS. The van der Waals surface area contributed by atoms with Crippen molar-refractivity contribution in [1.82, 2.24) is 0 Å². The molecule has 0 radical (unpaired) electrons. The lowest BCUT2D eigenvalue weighted by molar-refractivity contribution is 0.697. The van der Waals surface area contributed by atoms with E-state index < -0.39 is 0 Å². The quantitative estimate of drug-likeness (QED) is 0.539. The summed E-state index contributed by atoms with van der Waals surface area (Å²) in [6, 6.07) is 6.70. The maximum atomic E-state index is 6.21. The number of hydrogen-bond donors (Lipinski definition) is 0. The molecule has 3 heteroatoms. The molecule has 1 aliphatic carbocycles. The van der Waals surface area contributed by atoms with Gasteiger partial charge in [0.25, 0.3) is 0 Å². The second-order valence-corrected chi connectivity index (χ2v) is 8.12. The van der Waals surface area contributed by atoms with Crippen molar-refractivity contribution in [2.75, 3.05) is 0 Å². The largest absolute Gasteiger partial charge is 0.144 e. The van der Waals surface area contributed by atoms with E-state index in [1.165, 1.54) is 41.7 Å². The molecule has 1 unspecified atom stereocenters. The molecular weight excluding hydrogens is 352 g/mol. The van der Waals surface area contributed by atoms with Crippen molar-refractivity contribution in [2.45, 2.75) is 44.4 Å². The molecule has 0 saturated carbocycles. The highest BCUT2D eigenvalue weighted by atomic mass is 79.9. The van der Waals surface area contributed by atoms with Crippen LogP contribution in [0.5, 0.6) is 0 Å². The first kappa shape index (κ1) is 14.6. The Balaban J connectivity index is 1.98. The van der Waals surface area contributed by atoms with Crippen LogP contribution >= 0.6 is 38.9 Å². The Bertz CT molecular complexity index is 621. The van der Waals surface area contributed by atoms with Gasteiger partial charge in [0.05, 0.1) is 4.83 Å². The molecule has 20 heavy (non-hydrogen) atoms. The molecule has 2 aromatic rings. The van der Waals surface area contributed by atoms with E-state index in [0.717, 1.165) is 10.6 Å². The van der Waals surface area contributed by atoms with Crippen LogP contribution in [-0.4, -0.2) is 0 Å². The van der Waals surface area contributed by atoms with Gasteiger partial charge >= 0.3 is 0 Å². The van der Waals surface area contributed by atoms with Gasteiger partial charge in [-0.05, 0) is 73.9 Å². The van der Waals surface area contributed by atoms with Crippen molar-refractivity contribution >= 4 is 38.9 Å². The topological polar surface area (TPSA) is 0 Å². The van der Waals surface area contributed by atoms with Gasteiger partial charge in [0, 0.05) is 14.8 Å². The maximum absolute atomic E-state index is 6.21. The number of halogens is 2. The van der Waals surface area contributed by atoms with E-state index in [0.29, 0.717) is 0 Å². The first-order chi connectivity index (χ1) is 9.56. The van der Waals surface area contributed by atoms with Crippen molar-refractivity contribution < 1.29 is 0 Å². The van der Waals surface area contributed by atoms with Crippen LogP contribution in [0.15, 0.2) is 18.2 Å². The zero-order valence-corrected chi connectivity index (χ0v) is 15.0. The third-order valence-electron chi connectivity index (χ3n) is 4.09. The molecule has 1 atom stereocenters. The van der Waals surface area contributed by atoms with Crippen molar-refractivity contribution in [1.29, 1.82) is 0 Å². The van der Waals surface area contributed by atoms with Crippen LogP contribution in [0, 0.1) is 13.8 Å². The van der Waals surface area contributed by atoms with Crippen LogP contribution in [0.1, 0.15) is 49.7 Å². The maximum Gasteiger partial charge on any atom is 0.0740 e. The Morgan fingerprint density at radius 1 is 1.10 bits per heavy atom. The average Bonchev–Trinajstić information content (AvgIpc) is 2.86. The van der Waals surface area contributed by atoms with Crippen molar-refractivity contribution in [3.8, 4) is 0 Å². The summed E-state index contributed by atoms with van der Waals surface area (Å²) in [5.41, 5.74) is 5.32. The Kier molecular flexibility index (Phi) is 4.26. The van der Waals surface area contributed by atoms with E-state index >= 15 is 0 Å². The Morgan fingerprint density at radius 3 is 2.60 bits per heavy atom. The van der Waals surface area contributed by atoms with Crippen molar-refractivity contribution in [3.05, 3.63) is 55.2 Å². The molecule has 0 nitrogen and oxygen atoms in total. The molecule has 0 amide bonds. The van der Waals surface area contributed by atoms with E-state index in [-0.39, 0.29) is 4.83 Å². The van der Waals surface area contributed by atoms with Crippen LogP contribution < -0.4 is 0 Å². The summed E-state index contributed by atoms with van der Waals surface area (Å²) in [5.74, 6) is 0. The highest BCUT2D eigenvalue weighted by Crippen LogP contribution is 2.41. The molecule has 1 aliphatic rings. The molecule has 1 aromatic heterocycles. The number of rotatable bonds is 2. The number of thiophene rings is 1. The van der Waals surface area contributed by atoms with Gasteiger partial charge in [-0.15, -0.1) is 11.3 Å². The van der Waals surface area contributed by atoms with Crippen LogP contribution in [0.4, 0.5) is 0 Å². The standard InChI is InChI=1S/C17H18BrClS/c1-10-8-14(19)11(2)7-13(10)17(18)16-9-12-5-3-4-6-15(12)20-16/h7-9,17H,3-6H2,1-2H3. The monoisotopic (exact) mass is 368 g/mol. The summed E-state index contributed by atoms with van der Waals surface area (Å²) in [6.07, 6.45) is 5.21. The van der Waals surface area contributed by atoms with Gasteiger partial charge in [-0.1, -0.05) is 33.6 Å². The lowest BCUT2D eigenvalue weighted by Crippen LogP contribution is -1.97. The number of alkyl halides is 1. The van der Waals surface area contributed by atoms with E-state index in [2.05, 4.69) is 48.0 Å². The number of benzene rings is 1. The normalized spacial score (nSPS) is 16.0. The zero-order valence-electron chi connectivity index (χ0n) is 11.8. The predicted octanol–water partition coefficient (Wildman–Crippen LogP) is 6.38. The van der Waals surface area contributed by atoms with Crippen LogP contribution in [0.25, 0.3) is 0 Å². The molecule has 0 spiro atoms. The first-order valence-electron chi connectivity index (χ1n) is 7.08. The molecule has 1 heterocycles. The summed E-state index contributed by atoms with van der Waals surface area (Å²) in [4.78, 5) is 3.31. The number of hydrogen-bond acceptors (Lipinski definition) is 1. The Morgan fingerprint density at radius 2 is 1.85 bits per heavy atom. The Labute approximate surface area is 138 Å². The van der Waals surface area contributed by atoms with E-state index in [1.54, 1.807) is 10.4 Å². The van der Waals surface area contributed by atoms with Gasteiger partial charge in [-0.2, -0.15) is 0 Å². The molecule has 0 bridgehead atoms. The zero-order chi connectivity index (χ0) is 14.3. The van der Waals surface area contributed by atoms with Crippen molar-refractivity contribution in [2.24, 2.45) is 0 Å².